The van der Waals surface area contributed by atoms with Crippen LogP contribution >= 0.6 is 11.6 Å². The van der Waals surface area contributed by atoms with Gasteiger partial charge in [-0.15, -0.1) is 0 Å². The SMILES string of the molecule is COCCCCC(=O)N(Cc1c(F)cccc1Cl)C1CC1. The molecule has 5 heteroatoms. The minimum absolute atomic E-state index is 0.0768. The maximum Gasteiger partial charge on any atom is 0.223 e. The van der Waals surface area contributed by atoms with Gasteiger partial charge < -0.3 is 9.64 Å². The van der Waals surface area contributed by atoms with Gasteiger partial charge >= 0.3 is 0 Å². The monoisotopic (exact) mass is 313 g/mol. The second-order valence-electron chi connectivity index (χ2n) is 5.40. The Bertz CT molecular complexity index is 471. The fourth-order valence-corrected chi connectivity index (χ4v) is 2.55. The lowest BCUT2D eigenvalue weighted by Gasteiger charge is -2.23. The molecule has 0 spiro atoms. The summed E-state index contributed by atoms with van der Waals surface area (Å²) in [5.74, 6) is -0.270. The zero-order chi connectivity index (χ0) is 15.2. The highest BCUT2D eigenvalue weighted by Crippen LogP contribution is 2.31. The van der Waals surface area contributed by atoms with Crippen LogP contribution in [0, 0.1) is 5.82 Å². The van der Waals surface area contributed by atoms with E-state index in [4.69, 9.17) is 16.3 Å². The van der Waals surface area contributed by atoms with Crippen molar-refractivity contribution in [1.82, 2.24) is 4.90 Å². The molecule has 1 saturated carbocycles. The van der Waals surface area contributed by atoms with Crippen molar-refractivity contribution in [3.05, 3.63) is 34.6 Å². The van der Waals surface area contributed by atoms with Gasteiger partial charge in [0.15, 0.2) is 0 Å². The van der Waals surface area contributed by atoms with E-state index in [0.717, 1.165) is 25.7 Å². The summed E-state index contributed by atoms with van der Waals surface area (Å²) in [7, 11) is 1.65. The lowest BCUT2D eigenvalue weighted by molar-refractivity contribution is -0.132. The molecule has 0 aliphatic heterocycles. The number of hydrogen-bond donors (Lipinski definition) is 0. The number of ether oxygens (including phenoxy) is 1. The standard InChI is InChI=1S/C16H21ClFNO2/c1-21-10-3-2-7-16(20)19(12-8-9-12)11-13-14(17)5-4-6-15(13)18/h4-6,12H,2-3,7-11H2,1H3. The highest BCUT2D eigenvalue weighted by Gasteiger charge is 2.33. The summed E-state index contributed by atoms with van der Waals surface area (Å²) in [6, 6.07) is 4.87. The summed E-state index contributed by atoms with van der Waals surface area (Å²) in [6.45, 7) is 0.926. The van der Waals surface area contributed by atoms with Crippen LogP contribution in [0.3, 0.4) is 0 Å². The Balaban J connectivity index is 1.97. The van der Waals surface area contributed by atoms with Crippen molar-refractivity contribution in [2.24, 2.45) is 0 Å². The van der Waals surface area contributed by atoms with Gasteiger partial charge in [-0.2, -0.15) is 0 Å². The largest absolute Gasteiger partial charge is 0.385 e. The predicted molar refractivity (Wildman–Crippen MR) is 80.7 cm³/mol. The van der Waals surface area contributed by atoms with E-state index in [9.17, 15) is 9.18 Å². The van der Waals surface area contributed by atoms with Crippen molar-refractivity contribution in [3.63, 3.8) is 0 Å². The first-order valence-electron chi connectivity index (χ1n) is 7.34. The van der Waals surface area contributed by atoms with Crippen molar-refractivity contribution in [3.8, 4) is 0 Å². The summed E-state index contributed by atoms with van der Waals surface area (Å²) < 4.78 is 18.9. The lowest BCUT2D eigenvalue weighted by Crippen LogP contribution is -2.32. The smallest absolute Gasteiger partial charge is 0.223 e. The number of methoxy groups -OCH3 is 1. The number of rotatable bonds is 8. The van der Waals surface area contributed by atoms with E-state index in [0.29, 0.717) is 23.6 Å². The maximum atomic E-state index is 13.9. The molecule has 1 aromatic rings. The number of halogens is 2. The number of unbranched alkanes of at least 4 members (excludes halogenated alkanes) is 1. The van der Waals surface area contributed by atoms with Gasteiger partial charge in [-0.25, -0.2) is 4.39 Å². The Labute approximate surface area is 130 Å². The van der Waals surface area contributed by atoms with E-state index in [1.807, 2.05) is 0 Å². The molecule has 0 unspecified atom stereocenters. The van der Waals surface area contributed by atoms with Crippen LogP contribution in [0.4, 0.5) is 4.39 Å². The molecule has 2 rings (SSSR count). The Morgan fingerprint density at radius 1 is 1.43 bits per heavy atom. The van der Waals surface area contributed by atoms with Gasteiger partial charge in [-0.05, 0) is 37.8 Å². The molecule has 1 fully saturated rings. The molecule has 116 valence electrons. The van der Waals surface area contributed by atoms with Crippen molar-refractivity contribution in [2.45, 2.75) is 44.7 Å². The minimum atomic E-state index is -0.347. The fraction of sp³-hybridized carbons (Fsp3) is 0.562. The number of amides is 1. The van der Waals surface area contributed by atoms with Gasteiger partial charge in [-0.3, -0.25) is 4.79 Å². The van der Waals surface area contributed by atoms with Crippen LogP contribution in [-0.2, 0) is 16.1 Å². The molecule has 1 aliphatic carbocycles. The van der Waals surface area contributed by atoms with Crippen LogP contribution < -0.4 is 0 Å². The van der Waals surface area contributed by atoms with E-state index in [-0.39, 0.29) is 24.3 Å². The topological polar surface area (TPSA) is 29.5 Å². The Kier molecular flexibility index (Phi) is 6.00. The number of benzene rings is 1. The molecule has 0 bridgehead atoms. The molecular formula is C16H21ClFNO2. The average molecular weight is 314 g/mol. The average Bonchev–Trinajstić information content (AvgIpc) is 3.27. The molecule has 1 aromatic carbocycles. The first-order chi connectivity index (χ1) is 10.1. The van der Waals surface area contributed by atoms with Gasteiger partial charge in [0, 0.05) is 36.8 Å². The van der Waals surface area contributed by atoms with E-state index in [2.05, 4.69) is 0 Å². The molecule has 0 heterocycles. The summed E-state index contributed by atoms with van der Waals surface area (Å²) in [4.78, 5) is 14.1. The summed E-state index contributed by atoms with van der Waals surface area (Å²) >= 11 is 6.05. The third-order valence-electron chi connectivity index (χ3n) is 3.69. The number of carbonyl (C=O) groups is 1. The van der Waals surface area contributed by atoms with Crippen molar-refractivity contribution in [1.29, 1.82) is 0 Å². The molecule has 0 aromatic heterocycles. The van der Waals surface area contributed by atoms with E-state index < -0.39 is 0 Å². The highest BCUT2D eigenvalue weighted by atomic mass is 35.5. The van der Waals surface area contributed by atoms with Crippen molar-refractivity contribution < 1.29 is 13.9 Å². The normalized spacial score (nSPS) is 14.2. The van der Waals surface area contributed by atoms with E-state index >= 15 is 0 Å². The van der Waals surface area contributed by atoms with Crippen LogP contribution in [0.15, 0.2) is 18.2 Å². The van der Waals surface area contributed by atoms with E-state index in [1.54, 1.807) is 24.1 Å². The van der Waals surface area contributed by atoms with Gasteiger partial charge in [0.1, 0.15) is 5.82 Å². The van der Waals surface area contributed by atoms with Gasteiger partial charge in [0.25, 0.3) is 0 Å². The summed E-state index contributed by atoms with van der Waals surface area (Å²) in [5.41, 5.74) is 0.413. The van der Waals surface area contributed by atoms with E-state index in [1.165, 1.54) is 6.07 Å². The number of hydrogen-bond acceptors (Lipinski definition) is 2. The third-order valence-corrected chi connectivity index (χ3v) is 4.04. The Morgan fingerprint density at radius 2 is 2.19 bits per heavy atom. The van der Waals surface area contributed by atoms with Crippen LogP contribution in [-0.4, -0.2) is 30.6 Å². The van der Waals surface area contributed by atoms with Crippen molar-refractivity contribution in [2.75, 3.05) is 13.7 Å². The Morgan fingerprint density at radius 3 is 2.81 bits per heavy atom. The second kappa shape index (κ2) is 7.76. The van der Waals surface area contributed by atoms with Crippen LogP contribution in [0.1, 0.15) is 37.7 Å². The van der Waals surface area contributed by atoms with Crippen LogP contribution in [0.25, 0.3) is 0 Å². The molecule has 0 atom stereocenters. The molecule has 0 radical (unpaired) electrons. The first kappa shape index (κ1) is 16.2. The first-order valence-corrected chi connectivity index (χ1v) is 7.72. The Hall–Kier alpha value is -1.13. The van der Waals surface area contributed by atoms with Gasteiger partial charge in [0.05, 0.1) is 6.54 Å². The number of carbonyl (C=O) groups excluding carboxylic acids is 1. The predicted octanol–water partition coefficient (Wildman–Crippen LogP) is 3.79. The van der Waals surface area contributed by atoms with Gasteiger partial charge in [0.2, 0.25) is 5.91 Å². The second-order valence-corrected chi connectivity index (χ2v) is 5.81. The zero-order valence-corrected chi connectivity index (χ0v) is 13.0. The molecule has 0 saturated heterocycles. The summed E-state index contributed by atoms with van der Waals surface area (Å²) in [5, 5.41) is 0.382. The van der Waals surface area contributed by atoms with Crippen LogP contribution in [0.2, 0.25) is 5.02 Å². The van der Waals surface area contributed by atoms with Crippen LogP contribution in [0.5, 0.6) is 0 Å². The summed E-state index contributed by atoms with van der Waals surface area (Å²) in [6.07, 6.45) is 4.12. The van der Waals surface area contributed by atoms with Gasteiger partial charge in [-0.1, -0.05) is 17.7 Å². The van der Waals surface area contributed by atoms with Crippen molar-refractivity contribution >= 4 is 17.5 Å². The molecule has 3 nitrogen and oxygen atoms in total. The molecule has 0 N–H and O–H groups in total. The highest BCUT2D eigenvalue weighted by molar-refractivity contribution is 6.31. The zero-order valence-electron chi connectivity index (χ0n) is 12.3. The molecule has 1 amide bonds. The minimum Gasteiger partial charge on any atom is -0.385 e. The number of nitrogens with zero attached hydrogens (tertiary/aromatic N) is 1. The quantitative estimate of drug-likeness (QED) is 0.683. The maximum absolute atomic E-state index is 13.9. The third kappa shape index (κ3) is 4.68. The lowest BCUT2D eigenvalue weighted by atomic mass is 10.1. The fourth-order valence-electron chi connectivity index (χ4n) is 2.33. The molecule has 21 heavy (non-hydrogen) atoms. The molecule has 1 aliphatic rings. The molecular weight excluding hydrogens is 293 g/mol.